The maximum atomic E-state index is 11.9. The van der Waals surface area contributed by atoms with Crippen LogP contribution in [0.3, 0.4) is 0 Å². The monoisotopic (exact) mass is 339 g/mol. The van der Waals surface area contributed by atoms with Gasteiger partial charge in [0.1, 0.15) is 0 Å². The number of benzene rings is 1. The van der Waals surface area contributed by atoms with Gasteiger partial charge >= 0.3 is 0 Å². The summed E-state index contributed by atoms with van der Waals surface area (Å²) in [7, 11) is 0. The number of nitrogens with two attached hydrogens (primary N) is 1. The summed E-state index contributed by atoms with van der Waals surface area (Å²) in [6.45, 7) is 1.96. The number of aromatic nitrogens is 1. The molecule has 0 radical (unpaired) electrons. The van der Waals surface area contributed by atoms with Crippen LogP contribution in [0.15, 0.2) is 32.8 Å². The minimum Gasteiger partial charge on any atom is -0.324 e. The van der Waals surface area contributed by atoms with Crippen molar-refractivity contribution in [2.24, 2.45) is 5.73 Å². The van der Waals surface area contributed by atoms with Gasteiger partial charge in [-0.3, -0.25) is 4.79 Å². The van der Waals surface area contributed by atoms with E-state index < -0.39 is 5.54 Å². The van der Waals surface area contributed by atoms with E-state index in [1.54, 1.807) is 17.4 Å². The van der Waals surface area contributed by atoms with Crippen LogP contribution < -0.4 is 11.1 Å². The highest BCUT2D eigenvalue weighted by Crippen LogP contribution is 2.37. The number of carbonyl (C=O) groups excluding carboxylic acids is 1. The van der Waals surface area contributed by atoms with E-state index in [4.69, 9.17) is 17.3 Å². The molecule has 0 saturated heterocycles. The average Bonchev–Trinajstić information content (AvgIpc) is 3.06. The highest BCUT2D eigenvalue weighted by molar-refractivity contribution is 8.01. The van der Waals surface area contributed by atoms with Gasteiger partial charge in [0.05, 0.1) is 10.6 Å². The van der Waals surface area contributed by atoms with E-state index in [9.17, 15) is 4.79 Å². The van der Waals surface area contributed by atoms with Crippen LogP contribution in [0.25, 0.3) is 0 Å². The molecule has 3 rings (SSSR count). The lowest BCUT2D eigenvalue weighted by Gasteiger charge is -2.11. The zero-order valence-electron chi connectivity index (χ0n) is 11.4. The Bertz CT molecular complexity index is 697. The molecule has 2 aromatic rings. The fourth-order valence-electron chi connectivity index (χ4n) is 1.75. The standard InChI is InChI=1S/C14H14ClN3OS2/c1-8-7-20-13(17-8)21-11-3-2-9(6-10(11)15)18-12(19)14(16)4-5-14/h2-3,6-7H,4-5,16H2,1H3,(H,18,19). The molecule has 3 N–H and O–H groups in total. The zero-order valence-corrected chi connectivity index (χ0v) is 13.7. The number of rotatable bonds is 4. The Balaban J connectivity index is 1.72. The van der Waals surface area contributed by atoms with Crippen molar-refractivity contribution in [2.45, 2.75) is 34.5 Å². The van der Waals surface area contributed by atoms with Crippen molar-refractivity contribution in [3.05, 3.63) is 34.3 Å². The van der Waals surface area contributed by atoms with Crippen molar-refractivity contribution >= 4 is 46.3 Å². The number of nitrogens with one attached hydrogen (secondary N) is 1. The summed E-state index contributed by atoms with van der Waals surface area (Å²) >= 11 is 9.38. The summed E-state index contributed by atoms with van der Waals surface area (Å²) in [6.07, 6.45) is 1.48. The van der Waals surface area contributed by atoms with Crippen LogP contribution in [-0.2, 0) is 4.79 Å². The summed E-state index contributed by atoms with van der Waals surface area (Å²) < 4.78 is 0.949. The Morgan fingerprint density at radius 2 is 2.29 bits per heavy atom. The topological polar surface area (TPSA) is 68.0 Å². The van der Waals surface area contributed by atoms with Gasteiger partial charge in [0, 0.05) is 21.7 Å². The number of halogens is 1. The number of hydrogen-bond acceptors (Lipinski definition) is 5. The third-order valence-electron chi connectivity index (χ3n) is 3.23. The van der Waals surface area contributed by atoms with Gasteiger partial charge in [-0.15, -0.1) is 11.3 Å². The Morgan fingerprint density at radius 3 is 2.86 bits per heavy atom. The summed E-state index contributed by atoms with van der Waals surface area (Å²) in [5, 5.41) is 5.40. The first-order valence-corrected chi connectivity index (χ1v) is 8.53. The molecule has 0 aliphatic heterocycles. The first-order chi connectivity index (χ1) is 9.96. The predicted octanol–water partition coefficient (Wildman–Crippen LogP) is 3.69. The van der Waals surface area contributed by atoms with E-state index in [0.29, 0.717) is 10.7 Å². The van der Waals surface area contributed by atoms with Crippen molar-refractivity contribution in [2.75, 3.05) is 5.32 Å². The van der Waals surface area contributed by atoms with E-state index in [2.05, 4.69) is 10.3 Å². The molecule has 0 unspecified atom stereocenters. The average molecular weight is 340 g/mol. The lowest BCUT2D eigenvalue weighted by Crippen LogP contribution is -2.37. The van der Waals surface area contributed by atoms with Crippen molar-refractivity contribution in [1.29, 1.82) is 0 Å². The molecule has 1 amide bonds. The summed E-state index contributed by atoms with van der Waals surface area (Å²) in [5.41, 5.74) is 6.84. The fraction of sp³-hybridized carbons (Fsp3) is 0.286. The molecule has 1 aromatic heterocycles. The van der Waals surface area contributed by atoms with E-state index in [0.717, 1.165) is 27.8 Å². The van der Waals surface area contributed by atoms with Crippen LogP contribution in [0.4, 0.5) is 5.69 Å². The second kappa shape index (κ2) is 5.61. The first-order valence-electron chi connectivity index (χ1n) is 6.46. The molecule has 0 atom stereocenters. The molecule has 1 aromatic carbocycles. The van der Waals surface area contributed by atoms with E-state index in [1.165, 1.54) is 11.8 Å². The third-order valence-corrected chi connectivity index (χ3v) is 5.78. The van der Waals surface area contributed by atoms with Crippen molar-refractivity contribution in [3.63, 3.8) is 0 Å². The predicted molar refractivity (Wildman–Crippen MR) is 87.2 cm³/mol. The number of aryl methyl sites for hydroxylation is 1. The Morgan fingerprint density at radius 1 is 1.52 bits per heavy atom. The van der Waals surface area contributed by atoms with Gasteiger partial charge in [-0.1, -0.05) is 23.4 Å². The number of carbonyl (C=O) groups is 1. The van der Waals surface area contributed by atoms with E-state index in [1.807, 2.05) is 24.4 Å². The smallest absolute Gasteiger partial charge is 0.244 e. The van der Waals surface area contributed by atoms with Gasteiger partial charge in [0.2, 0.25) is 5.91 Å². The van der Waals surface area contributed by atoms with Crippen LogP contribution in [-0.4, -0.2) is 16.4 Å². The number of thiazole rings is 1. The fourth-order valence-corrected chi connectivity index (χ4v) is 3.85. The molecule has 21 heavy (non-hydrogen) atoms. The van der Waals surface area contributed by atoms with Crippen LogP contribution in [0, 0.1) is 6.92 Å². The molecule has 110 valence electrons. The molecule has 1 aliphatic carbocycles. The Labute approximate surface area is 136 Å². The van der Waals surface area contributed by atoms with E-state index in [-0.39, 0.29) is 5.91 Å². The second-order valence-electron chi connectivity index (χ2n) is 5.11. The molecular formula is C14H14ClN3OS2. The highest BCUT2D eigenvalue weighted by Gasteiger charge is 2.45. The third kappa shape index (κ3) is 3.40. The number of nitrogens with zero attached hydrogens (tertiary/aromatic N) is 1. The molecule has 1 fully saturated rings. The SMILES string of the molecule is Cc1csc(Sc2ccc(NC(=O)C3(N)CC3)cc2Cl)n1. The van der Waals surface area contributed by atoms with Crippen LogP contribution in [0.2, 0.25) is 5.02 Å². The lowest BCUT2D eigenvalue weighted by atomic mass is 10.2. The molecule has 1 heterocycles. The molecule has 7 heteroatoms. The molecular weight excluding hydrogens is 326 g/mol. The number of amides is 1. The van der Waals surface area contributed by atoms with Crippen molar-refractivity contribution in [3.8, 4) is 0 Å². The summed E-state index contributed by atoms with van der Waals surface area (Å²) in [5.74, 6) is -0.144. The first kappa shape index (κ1) is 14.8. The van der Waals surface area contributed by atoms with Gasteiger partial charge in [0.25, 0.3) is 0 Å². The van der Waals surface area contributed by atoms with Crippen molar-refractivity contribution in [1.82, 2.24) is 4.98 Å². The Kier molecular flexibility index (Phi) is 3.96. The maximum Gasteiger partial charge on any atom is 0.244 e. The van der Waals surface area contributed by atoms with Crippen LogP contribution in [0.1, 0.15) is 18.5 Å². The van der Waals surface area contributed by atoms with Gasteiger partial charge in [-0.2, -0.15) is 0 Å². The lowest BCUT2D eigenvalue weighted by molar-refractivity contribution is -0.118. The van der Waals surface area contributed by atoms with Crippen LogP contribution in [0.5, 0.6) is 0 Å². The Hall–Kier alpha value is -1.08. The second-order valence-corrected chi connectivity index (χ2v) is 7.67. The number of hydrogen-bond donors (Lipinski definition) is 2. The van der Waals surface area contributed by atoms with Crippen molar-refractivity contribution < 1.29 is 4.79 Å². The molecule has 4 nitrogen and oxygen atoms in total. The highest BCUT2D eigenvalue weighted by atomic mass is 35.5. The van der Waals surface area contributed by atoms with Gasteiger partial charge in [0.15, 0.2) is 4.34 Å². The van der Waals surface area contributed by atoms with Gasteiger partial charge in [-0.25, -0.2) is 4.98 Å². The van der Waals surface area contributed by atoms with Crippen LogP contribution >= 0.6 is 34.7 Å². The molecule has 1 aliphatic rings. The van der Waals surface area contributed by atoms with Gasteiger partial charge in [-0.05, 0) is 38.0 Å². The minimum atomic E-state index is -0.682. The molecule has 1 saturated carbocycles. The quantitative estimate of drug-likeness (QED) is 0.891. The maximum absolute atomic E-state index is 11.9. The molecule has 0 bridgehead atoms. The van der Waals surface area contributed by atoms with E-state index >= 15 is 0 Å². The summed E-state index contributed by atoms with van der Waals surface area (Å²) in [4.78, 5) is 17.2. The zero-order chi connectivity index (χ0) is 15.0. The largest absolute Gasteiger partial charge is 0.324 e. The summed E-state index contributed by atoms with van der Waals surface area (Å²) in [6, 6.07) is 5.46. The molecule has 0 spiro atoms. The van der Waals surface area contributed by atoms with Gasteiger partial charge < -0.3 is 11.1 Å². The normalized spacial score (nSPS) is 15.8. The number of anilines is 1. The minimum absolute atomic E-state index is 0.144.